The third-order valence-corrected chi connectivity index (χ3v) is 4.58. The highest BCUT2D eigenvalue weighted by Gasteiger charge is 2.55. The van der Waals surface area contributed by atoms with Gasteiger partial charge in [-0.25, -0.2) is 9.29 Å². The molecule has 0 spiro atoms. The number of benzene rings is 2. The molecule has 2 aliphatic heterocycles. The molecule has 8 nitrogen and oxygen atoms in total. The van der Waals surface area contributed by atoms with E-state index < -0.39 is 29.7 Å². The van der Waals surface area contributed by atoms with E-state index in [2.05, 4.69) is 15.7 Å². The zero-order valence-corrected chi connectivity index (χ0v) is 14.9. The molecule has 28 heavy (non-hydrogen) atoms. The largest absolute Gasteiger partial charge is 0.324 e. The summed E-state index contributed by atoms with van der Waals surface area (Å²) in [6, 6.07) is 10.3. The fourth-order valence-corrected chi connectivity index (χ4v) is 3.18. The lowest BCUT2D eigenvalue weighted by Gasteiger charge is -2.20. The number of halogens is 1. The van der Waals surface area contributed by atoms with Gasteiger partial charge in [0.2, 0.25) is 5.91 Å². The van der Waals surface area contributed by atoms with E-state index in [1.807, 2.05) is 19.1 Å². The molecule has 3 amide bonds. The van der Waals surface area contributed by atoms with Crippen molar-refractivity contribution in [2.45, 2.75) is 19.0 Å². The van der Waals surface area contributed by atoms with Gasteiger partial charge in [0.05, 0.1) is 5.69 Å². The Labute approximate surface area is 159 Å². The SMILES string of the molecule is Cc1ccc(NC(=O)CN2N=NC3C(=O)N(c4ccc(F)cc4)C(=O)C32)cc1. The summed E-state index contributed by atoms with van der Waals surface area (Å²) in [7, 11) is 0. The molecule has 0 saturated carbocycles. The van der Waals surface area contributed by atoms with E-state index in [0.717, 1.165) is 22.6 Å². The monoisotopic (exact) mass is 381 g/mol. The van der Waals surface area contributed by atoms with Gasteiger partial charge in [-0.05, 0) is 43.3 Å². The minimum atomic E-state index is -1.01. The standard InChI is InChI=1S/C19H16FN5O3/c1-11-2-6-13(7-3-11)21-15(26)10-24-17-16(22-23-24)18(27)25(19(17)28)14-8-4-12(20)5-9-14/h2-9,16-17H,10H2,1H3,(H,21,26). The quantitative estimate of drug-likeness (QED) is 0.821. The Morgan fingerprint density at radius 1 is 1.07 bits per heavy atom. The topological polar surface area (TPSA) is 94.4 Å². The maximum atomic E-state index is 13.1. The Hall–Kier alpha value is -3.62. The fraction of sp³-hybridized carbons (Fsp3) is 0.211. The second-order valence-corrected chi connectivity index (χ2v) is 6.59. The van der Waals surface area contributed by atoms with Crippen molar-refractivity contribution in [1.29, 1.82) is 0 Å². The van der Waals surface area contributed by atoms with Crippen molar-refractivity contribution in [3.8, 4) is 0 Å². The van der Waals surface area contributed by atoms with E-state index in [1.54, 1.807) is 12.1 Å². The van der Waals surface area contributed by atoms with Crippen LogP contribution in [-0.2, 0) is 14.4 Å². The van der Waals surface area contributed by atoms with Crippen LogP contribution in [0, 0.1) is 12.7 Å². The van der Waals surface area contributed by atoms with Gasteiger partial charge in [-0.15, -0.1) is 0 Å². The van der Waals surface area contributed by atoms with Crippen LogP contribution in [0.4, 0.5) is 15.8 Å². The van der Waals surface area contributed by atoms with Gasteiger partial charge in [0.15, 0.2) is 12.1 Å². The predicted molar refractivity (Wildman–Crippen MR) is 97.8 cm³/mol. The number of imide groups is 1. The first-order chi connectivity index (χ1) is 13.4. The summed E-state index contributed by atoms with van der Waals surface area (Å²) >= 11 is 0. The second kappa shape index (κ2) is 6.84. The minimum Gasteiger partial charge on any atom is -0.324 e. The van der Waals surface area contributed by atoms with Gasteiger partial charge in [0.25, 0.3) is 11.8 Å². The van der Waals surface area contributed by atoms with Crippen LogP contribution >= 0.6 is 0 Å². The zero-order valence-electron chi connectivity index (χ0n) is 14.9. The van der Waals surface area contributed by atoms with Crippen molar-refractivity contribution in [1.82, 2.24) is 5.01 Å². The van der Waals surface area contributed by atoms with Crippen LogP contribution in [0.15, 0.2) is 58.9 Å². The molecule has 2 atom stereocenters. The van der Waals surface area contributed by atoms with Gasteiger partial charge in [-0.3, -0.25) is 19.4 Å². The van der Waals surface area contributed by atoms with Gasteiger partial charge in [0, 0.05) is 5.69 Å². The van der Waals surface area contributed by atoms with E-state index in [4.69, 9.17) is 0 Å². The first-order valence-corrected chi connectivity index (χ1v) is 8.61. The molecule has 1 saturated heterocycles. The van der Waals surface area contributed by atoms with Crippen molar-refractivity contribution < 1.29 is 18.8 Å². The highest BCUT2D eigenvalue weighted by molar-refractivity contribution is 6.25. The molecule has 2 aromatic carbocycles. The molecule has 2 aromatic rings. The molecule has 1 N–H and O–H groups in total. The molecule has 0 bridgehead atoms. The number of nitrogens with zero attached hydrogens (tertiary/aromatic N) is 4. The third kappa shape index (κ3) is 3.11. The summed E-state index contributed by atoms with van der Waals surface area (Å²) < 4.78 is 13.1. The molecule has 4 rings (SSSR count). The Balaban J connectivity index is 1.48. The normalized spacial score (nSPS) is 20.6. The zero-order chi connectivity index (χ0) is 19.8. The summed E-state index contributed by atoms with van der Waals surface area (Å²) in [6.45, 7) is 1.71. The molecule has 0 aromatic heterocycles. The highest BCUT2D eigenvalue weighted by atomic mass is 19.1. The number of carbonyl (C=O) groups excluding carboxylic acids is 3. The number of carbonyl (C=O) groups is 3. The van der Waals surface area contributed by atoms with Crippen LogP contribution in [0.3, 0.4) is 0 Å². The summed E-state index contributed by atoms with van der Waals surface area (Å²) in [5.74, 6) is -1.96. The number of anilines is 2. The van der Waals surface area contributed by atoms with Crippen LogP contribution in [0.2, 0.25) is 0 Å². The average Bonchev–Trinajstić information content (AvgIpc) is 3.18. The molecule has 0 radical (unpaired) electrons. The van der Waals surface area contributed by atoms with Crippen LogP contribution in [0.25, 0.3) is 0 Å². The lowest BCUT2D eigenvalue weighted by Crippen LogP contribution is -2.43. The van der Waals surface area contributed by atoms with Crippen molar-refractivity contribution >= 4 is 29.1 Å². The van der Waals surface area contributed by atoms with Gasteiger partial charge >= 0.3 is 0 Å². The number of fused-ring (bicyclic) bond motifs is 1. The molecule has 2 heterocycles. The summed E-state index contributed by atoms with van der Waals surface area (Å²) in [5, 5.41) is 11.6. The summed E-state index contributed by atoms with van der Waals surface area (Å²) in [6.07, 6.45) is 0. The number of aryl methyl sites for hydroxylation is 1. The molecule has 9 heteroatoms. The first kappa shape index (κ1) is 17.8. The maximum absolute atomic E-state index is 13.1. The van der Waals surface area contributed by atoms with Gasteiger partial charge in [-0.1, -0.05) is 22.9 Å². The molecule has 142 valence electrons. The average molecular weight is 381 g/mol. The van der Waals surface area contributed by atoms with Crippen LogP contribution in [0.5, 0.6) is 0 Å². The molecule has 1 fully saturated rings. The Morgan fingerprint density at radius 3 is 2.43 bits per heavy atom. The minimum absolute atomic E-state index is 0.227. The third-order valence-electron chi connectivity index (χ3n) is 4.58. The predicted octanol–water partition coefficient (Wildman–Crippen LogP) is 2.07. The number of hydrogen-bond donors (Lipinski definition) is 1. The molecular formula is C19H16FN5O3. The smallest absolute Gasteiger partial charge is 0.263 e. The summed E-state index contributed by atoms with van der Waals surface area (Å²) in [4.78, 5) is 38.6. The lowest BCUT2D eigenvalue weighted by atomic mass is 10.1. The van der Waals surface area contributed by atoms with Crippen LogP contribution in [0.1, 0.15) is 5.56 Å². The molecule has 2 aliphatic rings. The van der Waals surface area contributed by atoms with Crippen molar-refractivity contribution in [2.75, 3.05) is 16.8 Å². The molecule has 0 aliphatic carbocycles. The van der Waals surface area contributed by atoms with E-state index in [0.29, 0.717) is 5.69 Å². The molecular weight excluding hydrogens is 365 g/mol. The van der Waals surface area contributed by atoms with E-state index in [1.165, 1.54) is 17.1 Å². The maximum Gasteiger partial charge on any atom is 0.263 e. The Morgan fingerprint density at radius 2 is 1.75 bits per heavy atom. The summed E-state index contributed by atoms with van der Waals surface area (Å²) in [5.41, 5.74) is 1.93. The number of amides is 3. The Kier molecular flexibility index (Phi) is 4.34. The Bertz CT molecular complexity index is 974. The van der Waals surface area contributed by atoms with Gasteiger partial charge in [0.1, 0.15) is 12.4 Å². The number of rotatable bonds is 4. The fourth-order valence-electron chi connectivity index (χ4n) is 3.18. The highest BCUT2D eigenvalue weighted by Crippen LogP contribution is 2.31. The number of nitrogens with one attached hydrogen (secondary N) is 1. The molecule has 2 unspecified atom stereocenters. The van der Waals surface area contributed by atoms with Gasteiger partial charge < -0.3 is 5.32 Å². The van der Waals surface area contributed by atoms with E-state index >= 15 is 0 Å². The second-order valence-electron chi connectivity index (χ2n) is 6.59. The van der Waals surface area contributed by atoms with E-state index in [-0.39, 0.29) is 18.1 Å². The van der Waals surface area contributed by atoms with Gasteiger partial charge in [-0.2, -0.15) is 5.11 Å². The van der Waals surface area contributed by atoms with Crippen molar-refractivity contribution in [2.24, 2.45) is 10.3 Å². The van der Waals surface area contributed by atoms with Crippen LogP contribution < -0.4 is 10.2 Å². The van der Waals surface area contributed by atoms with E-state index in [9.17, 15) is 18.8 Å². The lowest BCUT2D eigenvalue weighted by molar-refractivity contribution is -0.123. The van der Waals surface area contributed by atoms with Crippen molar-refractivity contribution in [3.63, 3.8) is 0 Å². The van der Waals surface area contributed by atoms with Crippen LogP contribution in [-0.4, -0.2) is 41.4 Å². The number of hydrogen-bond acceptors (Lipinski definition) is 6. The van der Waals surface area contributed by atoms with Crippen molar-refractivity contribution in [3.05, 3.63) is 59.9 Å². The first-order valence-electron chi connectivity index (χ1n) is 8.61.